The maximum absolute atomic E-state index is 10.6. The number of halogens is 1. The summed E-state index contributed by atoms with van der Waals surface area (Å²) in [6.45, 7) is 2.42. The second-order valence-corrected chi connectivity index (χ2v) is 5.51. The van der Waals surface area contributed by atoms with Gasteiger partial charge in [0.2, 0.25) is 0 Å². The van der Waals surface area contributed by atoms with Crippen molar-refractivity contribution >= 4 is 15.9 Å². The molecule has 0 aliphatic rings. The fourth-order valence-corrected chi connectivity index (χ4v) is 2.69. The molecule has 2 nitrogen and oxygen atoms in total. The average molecular weight is 320 g/mol. The zero-order valence-corrected chi connectivity index (χ0v) is 12.5. The Balaban J connectivity index is 2.36. The molecule has 2 aromatic rings. The van der Waals surface area contributed by atoms with Gasteiger partial charge in [-0.25, -0.2) is 0 Å². The molecule has 100 valence electrons. The van der Waals surface area contributed by atoms with Crippen molar-refractivity contribution in [2.24, 2.45) is 5.73 Å². The highest BCUT2D eigenvalue weighted by molar-refractivity contribution is 9.10. The molecule has 0 spiro atoms. The van der Waals surface area contributed by atoms with E-state index in [1.807, 2.05) is 55.5 Å². The van der Waals surface area contributed by atoms with Crippen molar-refractivity contribution in [2.75, 3.05) is 6.54 Å². The van der Waals surface area contributed by atoms with Gasteiger partial charge in [0, 0.05) is 16.9 Å². The first-order chi connectivity index (χ1) is 9.15. The predicted octanol–water partition coefficient (Wildman–Crippen LogP) is 3.53. The number of hydrogen-bond donors (Lipinski definition) is 2. The summed E-state index contributed by atoms with van der Waals surface area (Å²) in [5, 5.41) is 10.6. The minimum atomic E-state index is -0.593. The average Bonchev–Trinajstić information content (AvgIpc) is 2.44. The second kappa shape index (κ2) is 6.33. The molecule has 0 aliphatic carbocycles. The van der Waals surface area contributed by atoms with Crippen LogP contribution in [0.3, 0.4) is 0 Å². The standard InChI is InChI=1S/C16H18BrNO/c1-11-13(8-5-9-15(11)17)16(19)14(10-18)12-6-3-2-4-7-12/h2-9,14,16,19H,10,18H2,1H3. The number of benzene rings is 2. The molecule has 0 radical (unpaired) electrons. The van der Waals surface area contributed by atoms with Gasteiger partial charge in [0.25, 0.3) is 0 Å². The Bertz CT molecular complexity index is 542. The van der Waals surface area contributed by atoms with Gasteiger partial charge in [-0.05, 0) is 29.7 Å². The summed E-state index contributed by atoms with van der Waals surface area (Å²) in [5.41, 5.74) is 8.91. The number of rotatable bonds is 4. The molecule has 0 saturated heterocycles. The molecule has 0 fully saturated rings. The van der Waals surface area contributed by atoms with Crippen molar-refractivity contribution in [2.45, 2.75) is 18.9 Å². The second-order valence-electron chi connectivity index (χ2n) is 4.65. The van der Waals surface area contributed by atoms with E-state index in [1.165, 1.54) is 0 Å². The minimum Gasteiger partial charge on any atom is -0.388 e. The molecule has 2 atom stereocenters. The third kappa shape index (κ3) is 3.06. The van der Waals surface area contributed by atoms with Crippen molar-refractivity contribution in [3.63, 3.8) is 0 Å². The Morgan fingerprint density at radius 1 is 1.11 bits per heavy atom. The summed E-state index contributed by atoms with van der Waals surface area (Å²) < 4.78 is 1.01. The first-order valence-corrected chi connectivity index (χ1v) is 7.12. The summed E-state index contributed by atoms with van der Waals surface area (Å²) >= 11 is 3.50. The molecule has 0 saturated carbocycles. The minimum absolute atomic E-state index is 0.0887. The molecular formula is C16H18BrNO. The normalized spacial score (nSPS) is 14.1. The summed E-state index contributed by atoms with van der Waals surface area (Å²) in [6.07, 6.45) is -0.593. The molecule has 0 aliphatic heterocycles. The Morgan fingerprint density at radius 2 is 1.79 bits per heavy atom. The fourth-order valence-electron chi connectivity index (χ4n) is 2.31. The third-order valence-corrected chi connectivity index (χ3v) is 4.35. The fraction of sp³-hybridized carbons (Fsp3) is 0.250. The van der Waals surface area contributed by atoms with Gasteiger partial charge in [-0.1, -0.05) is 58.4 Å². The quantitative estimate of drug-likeness (QED) is 0.905. The molecule has 2 aromatic carbocycles. The zero-order chi connectivity index (χ0) is 13.8. The van der Waals surface area contributed by atoms with Gasteiger partial charge in [0.05, 0.1) is 6.10 Å². The van der Waals surface area contributed by atoms with Gasteiger partial charge in [0.15, 0.2) is 0 Å². The largest absolute Gasteiger partial charge is 0.388 e. The Labute approximate surface area is 122 Å². The zero-order valence-electron chi connectivity index (χ0n) is 10.9. The van der Waals surface area contributed by atoms with E-state index in [2.05, 4.69) is 15.9 Å². The highest BCUT2D eigenvalue weighted by Crippen LogP contribution is 2.33. The van der Waals surface area contributed by atoms with Crippen LogP contribution in [0.15, 0.2) is 53.0 Å². The van der Waals surface area contributed by atoms with Gasteiger partial charge in [0.1, 0.15) is 0 Å². The molecule has 0 amide bonds. The van der Waals surface area contributed by atoms with Crippen molar-refractivity contribution in [1.29, 1.82) is 0 Å². The lowest BCUT2D eigenvalue weighted by atomic mass is 9.87. The van der Waals surface area contributed by atoms with Gasteiger partial charge < -0.3 is 10.8 Å². The van der Waals surface area contributed by atoms with Crippen LogP contribution in [0.4, 0.5) is 0 Å². The van der Waals surface area contributed by atoms with E-state index in [0.717, 1.165) is 21.2 Å². The van der Waals surface area contributed by atoms with Crippen LogP contribution in [0.2, 0.25) is 0 Å². The lowest BCUT2D eigenvalue weighted by Gasteiger charge is -2.24. The smallest absolute Gasteiger partial charge is 0.0873 e. The SMILES string of the molecule is Cc1c(Br)cccc1C(O)C(CN)c1ccccc1. The van der Waals surface area contributed by atoms with Crippen LogP contribution in [-0.4, -0.2) is 11.7 Å². The molecular weight excluding hydrogens is 302 g/mol. The first-order valence-electron chi connectivity index (χ1n) is 6.33. The lowest BCUT2D eigenvalue weighted by molar-refractivity contribution is 0.146. The van der Waals surface area contributed by atoms with Crippen molar-refractivity contribution in [1.82, 2.24) is 0 Å². The Morgan fingerprint density at radius 3 is 2.42 bits per heavy atom. The number of aliphatic hydroxyl groups excluding tert-OH is 1. The Hall–Kier alpha value is -1.16. The maximum Gasteiger partial charge on any atom is 0.0873 e. The van der Waals surface area contributed by atoms with Crippen LogP contribution in [0.5, 0.6) is 0 Å². The predicted molar refractivity (Wildman–Crippen MR) is 82.1 cm³/mol. The van der Waals surface area contributed by atoms with Crippen molar-refractivity contribution < 1.29 is 5.11 Å². The van der Waals surface area contributed by atoms with Crippen LogP contribution in [-0.2, 0) is 0 Å². The maximum atomic E-state index is 10.6. The molecule has 2 unspecified atom stereocenters. The van der Waals surface area contributed by atoms with Crippen molar-refractivity contribution in [3.8, 4) is 0 Å². The van der Waals surface area contributed by atoms with Crippen LogP contribution < -0.4 is 5.73 Å². The van der Waals surface area contributed by atoms with E-state index < -0.39 is 6.10 Å². The molecule has 19 heavy (non-hydrogen) atoms. The molecule has 0 bridgehead atoms. The first kappa shape index (κ1) is 14.3. The monoisotopic (exact) mass is 319 g/mol. The van der Waals surface area contributed by atoms with Crippen LogP contribution >= 0.6 is 15.9 Å². The van der Waals surface area contributed by atoms with E-state index >= 15 is 0 Å². The van der Waals surface area contributed by atoms with Crippen molar-refractivity contribution in [3.05, 3.63) is 69.7 Å². The van der Waals surface area contributed by atoms with Gasteiger partial charge in [-0.3, -0.25) is 0 Å². The third-order valence-electron chi connectivity index (χ3n) is 3.49. The van der Waals surface area contributed by atoms with E-state index in [0.29, 0.717) is 6.54 Å². The highest BCUT2D eigenvalue weighted by Gasteiger charge is 2.23. The summed E-state index contributed by atoms with van der Waals surface area (Å²) in [6, 6.07) is 15.8. The van der Waals surface area contributed by atoms with Crippen LogP contribution in [0, 0.1) is 6.92 Å². The molecule has 3 heteroatoms. The molecule has 0 aromatic heterocycles. The van der Waals surface area contributed by atoms with E-state index in [9.17, 15) is 5.11 Å². The number of hydrogen-bond acceptors (Lipinski definition) is 2. The summed E-state index contributed by atoms with van der Waals surface area (Å²) in [5.74, 6) is -0.0887. The molecule has 2 rings (SSSR count). The van der Waals surface area contributed by atoms with E-state index in [-0.39, 0.29) is 5.92 Å². The number of aliphatic hydroxyl groups is 1. The number of nitrogens with two attached hydrogens (primary N) is 1. The molecule has 3 N–H and O–H groups in total. The lowest BCUT2D eigenvalue weighted by Crippen LogP contribution is -2.20. The summed E-state index contributed by atoms with van der Waals surface area (Å²) in [7, 11) is 0. The van der Waals surface area contributed by atoms with E-state index in [4.69, 9.17) is 5.73 Å². The molecule has 0 heterocycles. The van der Waals surface area contributed by atoms with Gasteiger partial charge in [-0.15, -0.1) is 0 Å². The summed E-state index contributed by atoms with van der Waals surface area (Å²) in [4.78, 5) is 0. The van der Waals surface area contributed by atoms with Crippen LogP contribution in [0.25, 0.3) is 0 Å². The van der Waals surface area contributed by atoms with Gasteiger partial charge >= 0.3 is 0 Å². The van der Waals surface area contributed by atoms with Gasteiger partial charge in [-0.2, -0.15) is 0 Å². The topological polar surface area (TPSA) is 46.2 Å². The Kier molecular flexibility index (Phi) is 4.75. The van der Waals surface area contributed by atoms with E-state index in [1.54, 1.807) is 0 Å². The van der Waals surface area contributed by atoms with Crippen LogP contribution in [0.1, 0.15) is 28.7 Å². The highest BCUT2D eigenvalue weighted by atomic mass is 79.9.